The molecule has 0 radical (unpaired) electrons. The predicted molar refractivity (Wildman–Crippen MR) is 77.9 cm³/mol. The van der Waals surface area contributed by atoms with Crippen molar-refractivity contribution in [3.05, 3.63) is 4.88 Å². The third kappa shape index (κ3) is 4.35. The number of carbonyl (C=O) groups is 2. The highest BCUT2D eigenvalue weighted by atomic mass is 32.1. The minimum atomic E-state index is -0.330. The van der Waals surface area contributed by atoms with Crippen LogP contribution in [0.2, 0.25) is 0 Å². The molecule has 0 fully saturated rings. The molecule has 0 saturated heterocycles. The Balaban J connectivity index is 2.57. The lowest BCUT2D eigenvalue weighted by Crippen LogP contribution is -2.39. The third-order valence-corrected chi connectivity index (χ3v) is 3.49. The number of hydrogen-bond acceptors (Lipinski definition) is 7. The topological polar surface area (TPSA) is 110 Å². The van der Waals surface area contributed by atoms with Crippen LogP contribution in [-0.4, -0.2) is 62.6 Å². The lowest BCUT2D eigenvalue weighted by atomic mass is 10.4. The van der Waals surface area contributed by atoms with E-state index in [-0.39, 0.29) is 24.2 Å². The maximum atomic E-state index is 12.1. The fourth-order valence-corrected chi connectivity index (χ4v) is 2.23. The summed E-state index contributed by atoms with van der Waals surface area (Å²) >= 11 is 1.15. The Morgan fingerprint density at radius 3 is 2.75 bits per heavy atom. The second-order valence-electron chi connectivity index (χ2n) is 3.99. The molecule has 2 amide bonds. The number of nitrogens with zero attached hydrogens (tertiary/aromatic N) is 2. The van der Waals surface area contributed by atoms with Crippen molar-refractivity contribution in [2.24, 2.45) is 0 Å². The maximum absolute atomic E-state index is 12.1. The van der Waals surface area contributed by atoms with Gasteiger partial charge in [-0.25, -0.2) is 4.98 Å². The first kappa shape index (κ1) is 16.2. The third-order valence-electron chi connectivity index (χ3n) is 2.42. The number of rotatable bonds is 7. The molecule has 0 bridgehead atoms. The van der Waals surface area contributed by atoms with E-state index < -0.39 is 0 Å². The molecule has 0 atom stereocenters. The van der Waals surface area contributed by atoms with Crippen LogP contribution in [0.4, 0.5) is 10.9 Å². The Bertz CT molecular complexity index is 477. The van der Waals surface area contributed by atoms with Gasteiger partial charge in [-0.2, -0.15) is 0 Å². The zero-order chi connectivity index (χ0) is 15.1. The summed E-state index contributed by atoms with van der Waals surface area (Å²) in [6.45, 7) is 0.787. The van der Waals surface area contributed by atoms with Gasteiger partial charge in [0, 0.05) is 27.7 Å². The molecule has 1 heterocycles. The Hall–Kier alpha value is -1.87. The summed E-state index contributed by atoms with van der Waals surface area (Å²) in [7, 11) is 4.78. The fraction of sp³-hybridized carbons (Fsp3) is 0.545. The summed E-state index contributed by atoms with van der Waals surface area (Å²) in [5.74, 6) is -0.422. The van der Waals surface area contributed by atoms with Crippen LogP contribution >= 0.6 is 11.3 Å². The molecule has 0 aliphatic rings. The normalized spacial score (nSPS) is 10.2. The highest BCUT2D eigenvalue weighted by molar-refractivity contribution is 7.18. The average molecular weight is 301 g/mol. The van der Waals surface area contributed by atoms with Crippen LogP contribution in [0.1, 0.15) is 9.67 Å². The second-order valence-corrected chi connectivity index (χ2v) is 4.99. The van der Waals surface area contributed by atoms with Gasteiger partial charge in [-0.3, -0.25) is 9.59 Å². The van der Waals surface area contributed by atoms with E-state index in [4.69, 9.17) is 10.5 Å². The number of nitrogens with one attached hydrogen (secondary N) is 2. The van der Waals surface area contributed by atoms with Crippen LogP contribution in [0.25, 0.3) is 0 Å². The zero-order valence-corrected chi connectivity index (χ0v) is 12.5. The molecule has 112 valence electrons. The standard InChI is InChI=1S/C11H19N5O3S/c1-13-11-15-9(12)8(20-11)10(18)16(2)6-7(17)14-4-5-19-3/h4-6,12H2,1-3H3,(H,13,15)(H,14,17). The maximum Gasteiger partial charge on any atom is 0.268 e. The van der Waals surface area contributed by atoms with E-state index in [2.05, 4.69) is 15.6 Å². The number of anilines is 2. The summed E-state index contributed by atoms with van der Waals surface area (Å²) in [6.07, 6.45) is 0. The van der Waals surface area contributed by atoms with Crippen LogP contribution in [-0.2, 0) is 9.53 Å². The Labute approximate surface area is 121 Å². The summed E-state index contributed by atoms with van der Waals surface area (Å²) in [6, 6.07) is 0. The number of likely N-dealkylation sites (N-methyl/N-ethyl adjacent to an activating group) is 1. The molecule has 4 N–H and O–H groups in total. The van der Waals surface area contributed by atoms with Crippen molar-refractivity contribution >= 4 is 34.1 Å². The minimum Gasteiger partial charge on any atom is -0.383 e. The van der Waals surface area contributed by atoms with E-state index in [1.54, 1.807) is 14.2 Å². The molecular weight excluding hydrogens is 282 g/mol. The molecule has 20 heavy (non-hydrogen) atoms. The van der Waals surface area contributed by atoms with Crippen molar-refractivity contribution < 1.29 is 14.3 Å². The molecule has 1 aromatic rings. The van der Waals surface area contributed by atoms with Crippen LogP contribution in [0, 0.1) is 0 Å². The van der Waals surface area contributed by atoms with Gasteiger partial charge >= 0.3 is 0 Å². The predicted octanol–water partition coefficient (Wildman–Crippen LogP) is -0.398. The van der Waals surface area contributed by atoms with Gasteiger partial charge in [0.05, 0.1) is 13.2 Å². The monoisotopic (exact) mass is 301 g/mol. The SMILES string of the molecule is CNc1nc(N)c(C(=O)N(C)CC(=O)NCCOC)s1. The number of thiazole rings is 1. The largest absolute Gasteiger partial charge is 0.383 e. The van der Waals surface area contributed by atoms with Crippen LogP contribution in [0.3, 0.4) is 0 Å². The van der Waals surface area contributed by atoms with Crippen LogP contribution < -0.4 is 16.4 Å². The number of ether oxygens (including phenoxy) is 1. The van der Waals surface area contributed by atoms with Gasteiger partial charge in [-0.15, -0.1) is 0 Å². The molecule has 0 aliphatic carbocycles. The molecule has 0 unspecified atom stereocenters. The Morgan fingerprint density at radius 2 is 2.20 bits per heavy atom. The van der Waals surface area contributed by atoms with E-state index in [1.807, 2.05) is 0 Å². The number of methoxy groups -OCH3 is 1. The second kappa shape index (κ2) is 7.65. The number of carbonyl (C=O) groups excluding carboxylic acids is 2. The van der Waals surface area contributed by atoms with Crippen molar-refractivity contribution in [2.45, 2.75) is 0 Å². The minimum absolute atomic E-state index is 0.0469. The van der Waals surface area contributed by atoms with E-state index in [9.17, 15) is 9.59 Å². The van der Waals surface area contributed by atoms with Gasteiger partial charge in [0.15, 0.2) is 5.13 Å². The van der Waals surface area contributed by atoms with Crippen molar-refractivity contribution in [1.29, 1.82) is 0 Å². The summed E-state index contributed by atoms with van der Waals surface area (Å²) in [4.78, 5) is 29.3. The quantitative estimate of drug-likeness (QED) is 0.591. The van der Waals surface area contributed by atoms with Crippen molar-refractivity contribution in [1.82, 2.24) is 15.2 Å². The molecule has 1 rings (SSSR count). The lowest BCUT2D eigenvalue weighted by molar-refractivity contribution is -0.121. The van der Waals surface area contributed by atoms with Crippen LogP contribution in [0.5, 0.6) is 0 Å². The zero-order valence-electron chi connectivity index (χ0n) is 11.7. The van der Waals surface area contributed by atoms with Gasteiger partial charge in [0.25, 0.3) is 5.91 Å². The number of hydrogen-bond donors (Lipinski definition) is 3. The molecule has 0 spiro atoms. The van der Waals surface area contributed by atoms with Crippen molar-refractivity contribution in [3.63, 3.8) is 0 Å². The van der Waals surface area contributed by atoms with Crippen molar-refractivity contribution in [3.8, 4) is 0 Å². The number of nitrogen functional groups attached to an aromatic ring is 1. The van der Waals surface area contributed by atoms with E-state index in [0.29, 0.717) is 23.2 Å². The molecule has 8 nitrogen and oxygen atoms in total. The van der Waals surface area contributed by atoms with E-state index in [1.165, 1.54) is 11.9 Å². The highest BCUT2D eigenvalue weighted by Crippen LogP contribution is 2.25. The smallest absolute Gasteiger partial charge is 0.268 e. The summed E-state index contributed by atoms with van der Waals surface area (Å²) in [5.41, 5.74) is 5.68. The molecular formula is C11H19N5O3S. The summed E-state index contributed by atoms with van der Waals surface area (Å²) < 4.78 is 4.82. The summed E-state index contributed by atoms with van der Waals surface area (Å²) in [5, 5.41) is 6.02. The lowest BCUT2D eigenvalue weighted by Gasteiger charge is -2.15. The number of aromatic nitrogens is 1. The average Bonchev–Trinajstić information content (AvgIpc) is 2.79. The molecule has 0 aromatic carbocycles. The van der Waals surface area contributed by atoms with Gasteiger partial charge < -0.3 is 26.0 Å². The first-order valence-corrected chi connectivity index (χ1v) is 6.76. The Morgan fingerprint density at radius 1 is 1.50 bits per heavy atom. The molecule has 0 aliphatic heterocycles. The van der Waals surface area contributed by atoms with E-state index in [0.717, 1.165) is 11.3 Å². The van der Waals surface area contributed by atoms with Crippen molar-refractivity contribution in [2.75, 3.05) is 52.0 Å². The first-order chi connectivity index (χ1) is 9.49. The van der Waals surface area contributed by atoms with Gasteiger partial charge in [-0.05, 0) is 0 Å². The highest BCUT2D eigenvalue weighted by Gasteiger charge is 2.21. The van der Waals surface area contributed by atoms with Gasteiger partial charge in [-0.1, -0.05) is 11.3 Å². The Kier molecular flexibility index (Phi) is 6.19. The first-order valence-electron chi connectivity index (χ1n) is 5.94. The van der Waals surface area contributed by atoms with E-state index >= 15 is 0 Å². The fourth-order valence-electron chi connectivity index (χ4n) is 1.40. The molecule has 0 saturated carbocycles. The molecule has 9 heteroatoms. The number of amides is 2. The van der Waals surface area contributed by atoms with Crippen LogP contribution in [0.15, 0.2) is 0 Å². The van der Waals surface area contributed by atoms with Gasteiger partial charge in [0.1, 0.15) is 10.7 Å². The molecule has 1 aromatic heterocycles. The van der Waals surface area contributed by atoms with Gasteiger partial charge in [0.2, 0.25) is 5.91 Å². The number of nitrogens with two attached hydrogens (primary N) is 1.